The Hall–Kier alpha value is -0.720. The van der Waals surface area contributed by atoms with E-state index in [1.807, 2.05) is 0 Å². The number of nitrogens with zero attached hydrogens (tertiary/aromatic N) is 2. The average Bonchev–Trinajstić information content (AvgIpc) is 2.55. The maximum atomic E-state index is 14.4. The zero-order chi connectivity index (χ0) is 15.4. The van der Waals surface area contributed by atoms with E-state index in [4.69, 9.17) is 16.3 Å². The molecule has 0 saturated carbocycles. The van der Waals surface area contributed by atoms with Crippen molar-refractivity contribution in [2.24, 2.45) is 0 Å². The van der Waals surface area contributed by atoms with E-state index in [9.17, 15) is 4.39 Å². The van der Waals surface area contributed by atoms with Crippen LogP contribution < -0.4 is 5.32 Å². The van der Waals surface area contributed by atoms with E-state index in [-0.39, 0.29) is 11.9 Å². The molecule has 1 aromatic rings. The lowest BCUT2D eigenvalue weighted by Gasteiger charge is -2.39. The molecular formula is C16H23ClFN3O. The van der Waals surface area contributed by atoms with E-state index < -0.39 is 0 Å². The first-order chi connectivity index (χ1) is 10.8. The van der Waals surface area contributed by atoms with Crippen molar-refractivity contribution in [2.75, 3.05) is 59.0 Å². The third-order valence-electron chi connectivity index (χ3n) is 4.46. The van der Waals surface area contributed by atoms with Crippen molar-refractivity contribution in [2.45, 2.75) is 6.04 Å². The van der Waals surface area contributed by atoms with Crippen molar-refractivity contribution in [3.8, 4) is 0 Å². The topological polar surface area (TPSA) is 27.7 Å². The number of hydrogen-bond donors (Lipinski definition) is 1. The first-order valence-corrected chi connectivity index (χ1v) is 8.32. The zero-order valence-corrected chi connectivity index (χ0v) is 13.5. The Morgan fingerprint density at radius 2 is 1.91 bits per heavy atom. The van der Waals surface area contributed by atoms with Gasteiger partial charge in [-0.3, -0.25) is 9.80 Å². The molecule has 2 heterocycles. The highest BCUT2D eigenvalue weighted by Gasteiger charge is 2.29. The Kier molecular flexibility index (Phi) is 5.66. The highest BCUT2D eigenvalue weighted by atomic mass is 35.5. The van der Waals surface area contributed by atoms with Crippen molar-refractivity contribution in [1.82, 2.24) is 15.1 Å². The van der Waals surface area contributed by atoms with Crippen LogP contribution >= 0.6 is 11.6 Å². The summed E-state index contributed by atoms with van der Waals surface area (Å²) >= 11 is 6.34. The second kappa shape index (κ2) is 7.70. The summed E-state index contributed by atoms with van der Waals surface area (Å²) in [6, 6.07) is 4.96. The number of benzene rings is 1. The van der Waals surface area contributed by atoms with Gasteiger partial charge in [-0.1, -0.05) is 17.7 Å². The lowest BCUT2D eigenvalue weighted by Crippen LogP contribution is -2.49. The summed E-state index contributed by atoms with van der Waals surface area (Å²) in [7, 11) is 0. The molecule has 0 aromatic heterocycles. The van der Waals surface area contributed by atoms with E-state index in [0.29, 0.717) is 10.6 Å². The lowest BCUT2D eigenvalue weighted by molar-refractivity contribution is 0.0202. The van der Waals surface area contributed by atoms with Crippen LogP contribution in [0.25, 0.3) is 0 Å². The van der Waals surface area contributed by atoms with Gasteiger partial charge in [-0.2, -0.15) is 0 Å². The molecule has 2 aliphatic heterocycles. The lowest BCUT2D eigenvalue weighted by atomic mass is 10.0. The van der Waals surface area contributed by atoms with Crippen LogP contribution in [0.4, 0.5) is 4.39 Å². The van der Waals surface area contributed by atoms with Crippen molar-refractivity contribution >= 4 is 11.6 Å². The molecule has 2 aliphatic rings. The van der Waals surface area contributed by atoms with Crippen molar-refractivity contribution in [3.63, 3.8) is 0 Å². The number of nitrogens with one attached hydrogen (secondary N) is 1. The van der Waals surface area contributed by atoms with Crippen LogP contribution in [0.1, 0.15) is 11.6 Å². The third-order valence-corrected chi connectivity index (χ3v) is 4.79. The molecule has 22 heavy (non-hydrogen) atoms. The molecule has 2 saturated heterocycles. The fourth-order valence-corrected chi connectivity index (χ4v) is 3.53. The molecule has 1 aromatic carbocycles. The van der Waals surface area contributed by atoms with Gasteiger partial charge in [0.1, 0.15) is 5.82 Å². The molecule has 0 radical (unpaired) electrons. The number of rotatable bonds is 4. The van der Waals surface area contributed by atoms with Gasteiger partial charge in [-0.25, -0.2) is 4.39 Å². The van der Waals surface area contributed by atoms with Crippen LogP contribution in [0.3, 0.4) is 0 Å². The standard InChI is InChI=1S/C16H23ClFN3O/c17-13-2-1-3-14(18)16(13)15(21-6-4-19-5-7-21)12-20-8-10-22-11-9-20/h1-3,15,19H,4-12H2. The SMILES string of the molecule is Fc1cccc(Cl)c1C(CN1CCOCC1)N1CCNCC1. The van der Waals surface area contributed by atoms with Crippen LogP contribution in [0.5, 0.6) is 0 Å². The summed E-state index contributed by atoms with van der Waals surface area (Å²) in [6.45, 7) is 7.79. The van der Waals surface area contributed by atoms with Gasteiger partial charge in [0.25, 0.3) is 0 Å². The second-order valence-corrected chi connectivity index (χ2v) is 6.26. The van der Waals surface area contributed by atoms with Crippen molar-refractivity contribution in [1.29, 1.82) is 0 Å². The predicted molar refractivity (Wildman–Crippen MR) is 85.9 cm³/mol. The highest BCUT2D eigenvalue weighted by molar-refractivity contribution is 6.31. The van der Waals surface area contributed by atoms with Crippen LogP contribution in [0.15, 0.2) is 18.2 Å². The molecule has 0 aliphatic carbocycles. The Morgan fingerprint density at radius 1 is 1.18 bits per heavy atom. The molecular weight excluding hydrogens is 305 g/mol. The minimum atomic E-state index is -0.204. The molecule has 0 spiro atoms. The summed E-state index contributed by atoms with van der Waals surface area (Å²) in [4.78, 5) is 4.69. The van der Waals surface area contributed by atoms with E-state index in [1.54, 1.807) is 12.1 Å². The largest absolute Gasteiger partial charge is 0.379 e. The van der Waals surface area contributed by atoms with Gasteiger partial charge in [0, 0.05) is 56.4 Å². The van der Waals surface area contributed by atoms with Crippen LogP contribution in [0.2, 0.25) is 5.02 Å². The van der Waals surface area contributed by atoms with Gasteiger partial charge in [0.15, 0.2) is 0 Å². The van der Waals surface area contributed by atoms with E-state index in [1.165, 1.54) is 6.07 Å². The van der Waals surface area contributed by atoms with E-state index in [0.717, 1.165) is 59.0 Å². The Balaban J connectivity index is 1.84. The summed E-state index contributed by atoms with van der Waals surface area (Å²) in [5.41, 5.74) is 0.637. The monoisotopic (exact) mass is 327 g/mol. The number of morpholine rings is 1. The predicted octanol–water partition coefficient (Wildman–Crippen LogP) is 1.76. The van der Waals surface area contributed by atoms with Crippen LogP contribution in [-0.4, -0.2) is 68.8 Å². The van der Waals surface area contributed by atoms with Crippen molar-refractivity contribution < 1.29 is 9.13 Å². The van der Waals surface area contributed by atoms with Gasteiger partial charge >= 0.3 is 0 Å². The minimum Gasteiger partial charge on any atom is -0.379 e. The van der Waals surface area contributed by atoms with Crippen LogP contribution in [-0.2, 0) is 4.74 Å². The molecule has 6 heteroatoms. The molecule has 3 rings (SSSR count). The smallest absolute Gasteiger partial charge is 0.129 e. The molecule has 4 nitrogen and oxygen atoms in total. The molecule has 0 bridgehead atoms. The van der Waals surface area contributed by atoms with Gasteiger partial charge in [0.05, 0.1) is 19.3 Å². The summed E-state index contributed by atoms with van der Waals surface area (Å²) in [5, 5.41) is 3.88. The minimum absolute atomic E-state index is 0.00565. The highest BCUT2D eigenvalue weighted by Crippen LogP contribution is 2.31. The van der Waals surface area contributed by atoms with Gasteiger partial charge in [-0.15, -0.1) is 0 Å². The van der Waals surface area contributed by atoms with Crippen LogP contribution in [0, 0.1) is 5.82 Å². The van der Waals surface area contributed by atoms with E-state index in [2.05, 4.69) is 15.1 Å². The normalized spacial score (nSPS) is 22.6. The quantitative estimate of drug-likeness (QED) is 0.912. The van der Waals surface area contributed by atoms with Crippen molar-refractivity contribution in [3.05, 3.63) is 34.6 Å². The molecule has 2 fully saturated rings. The second-order valence-electron chi connectivity index (χ2n) is 5.85. The number of halogens is 2. The number of hydrogen-bond acceptors (Lipinski definition) is 4. The molecule has 122 valence electrons. The first-order valence-electron chi connectivity index (χ1n) is 7.94. The maximum Gasteiger partial charge on any atom is 0.129 e. The fourth-order valence-electron chi connectivity index (χ4n) is 3.24. The number of ether oxygens (including phenoxy) is 1. The molecule has 1 unspecified atom stereocenters. The number of piperazine rings is 1. The summed E-state index contributed by atoms with van der Waals surface area (Å²) in [5.74, 6) is -0.204. The Labute approximate surface area is 136 Å². The summed E-state index contributed by atoms with van der Waals surface area (Å²) in [6.07, 6.45) is 0. The average molecular weight is 328 g/mol. The Bertz CT molecular complexity index is 470. The maximum absolute atomic E-state index is 14.4. The third kappa shape index (κ3) is 3.78. The van der Waals surface area contributed by atoms with Gasteiger partial charge < -0.3 is 10.1 Å². The zero-order valence-electron chi connectivity index (χ0n) is 12.7. The first kappa shape index (κ1) is 16.1. The Morgan fingerprint density at radius 3 is 2.59 bits per heavy atom. The van der Waals surface area contributed by atoms with Gasteiger partial charge in [-0.05, 0) is 12.1 Å². The summed E-state index contributed by atoms with van der Waals surface area (Å²) < 4.78 is 19.9. The molecule has 1 atom stereocenters. The molecule has 0 amide bonds. The van der Waals surface area contributed by atoms with E-state index >= 15 is 0 Å². The van der Waals surface area contributed by atoms with Gasteiger partial charge in [0.2, 0.25) is 0 Å². The fraction of sp³-hybridized carbons (Fsp3) is 0.625. The molecule has 1 N–H and O–H groups in total.